The van der Waals surface area contributed by atoms with Crippen molar-refractivity contribution in [3.8, 4) is 0 Å². The van der Waals surface area contributed by atoms with Crippen molar-refractivity contribution < 1.29 is 9.21 Å². The number of aromatic amines is 1. The average Bonchev–Trinajstić information content (AvgIpc) is 3.26. The Labute approximate surface area is 145 Å². The molecule has 0 spiro atoms. The van der Waals surface area contributed by atoms with Crippen LogP contribution in [0.25, 0.3) is 10.9 Å². The van der Waals surface area contributed by atoms with Gasteiger partial charge < -0.3 is 14.3 Å². The molecule has 1 amide bonds. The molecule has 7 heteroatoms. The Bertz CT molecular complexity index is 859. The van der Waals surface area contributed by atoms with E-state index in [1.165, 1.54) is 0 Å². The molecule has 4 rings (SSSR count). The Morgan fingerprint density at radius 2 is 1.96 bits per heavy atom. The quantitative estimate of drug-likeness (QED) is 0.793. The van der Waals surface area contributed by atoms with E-state index in [0.717, 1.165) is 24.0 Å². The largest absolute Gasteiger partial charge is 0.424 e. The molecule has 0 bridgehead atoms. The van der Waals surface area contributed by atoms with Gasteiger partial charge in [-0.15, -0.1) is 10.2 Å². The Morgan fingerprint density at radius 3 is 2.64 bits per heavy atom. The number of amides is 1. The van der Waals surface area contributed by atoms with Crippen LogP contribution in [0.15, 0.2) is 34.7 Å². The zero-order valence-electron chi connectivity index (χ0n) is 14.4. The van der Waals surface area contributed by atoms with Crippen LogP contribution in [0.5, 0.6) is 0 Å². The highest BCUT2D eigenvalue weighted by molar-refractivity contribution is 5.98. The number of carbonyl (C=O) groups is 1. The Balaban J connectivity index is 1.41. The number of nitrogens with one attached hydrogen (secondary N) is 1. The maximum absolute atomic E-state index is 12.8. The summed E-state index contributed by atoms with van der Waals surface area (Å²) in [5.74, 6) is 1.26. The van der Waals surface area contributed by atoms with Crippen molar-refractivity contribution in [3.05, 3.63) is 47.8 Å². The summed E-state index contributed by atoms with van der Waals surface area (Å²) in [6.45, 7) is 6.79. The number of nitrogens with zero attached hydrogens (tertiary/aromatic N) is 4. The highest BCUT2D eigenvalue weighted by atomic mass is 16.4. The number of aromatic nitrogens is 3. The molecule has 1 saturated heterocycles. The van der Waals surface area contributed by atoms with E-state index in [-0.39, 0.29) is 11.9 Å². The van der Waals surface area contributed by atoms with Gasteiger partial charge in [-0.05, 0) is 19.1 Å². The zero-order valence-corrected chi connectivity index (χ0v) is 14.4. The lowest BCUT2D eigenvalue weighted by Crippen LogP contribution is -2.49. The molecule has 3 aromatic rings. The molecule has 1 aromatic carbocycles. The first-order valence-corrected chi connectivity index (χ1v) is 8.53. The van der Waals surface area contributed by atoms with Crippen molar-refractivity contribution in [1.29, 1.82) is 0 Å². The van der Waals surface area contributed by atoms with Crippen molar-refractivity contribution >= 4 is 16.8 Å². The number of fused-ring (bicyclic) bond motifs is 1. The second-order valence-corrected chi connectivity index (χ2v) is 6.43. The van der Waals surface area contributed by atoms with Crippen molar-refractivity contribution in [2.45, 2.75) is 19.9 Å². The SMILES string of the molecule is Cc1nnc(C(C)N2CCN(C(=O)c3cc4ccccc4[nH]3)CC2)o1. The fourth-order valence-corrected chi connectivity index (χ4v) is 3.31. The molecule has 2 aromatic heterocycles. The first-order chi connectivity index (χ1) is 12.1. The van der Waals surface area contributed by atoms with Gasteiger partial charge in [-0.1, -0.05) is 18.2 Å². The van der Waals surface area contributed by atoms with Gasteiger partial charge >= 0.3 is 0 Å². The van der Waals surface area contributed by atoms with E-state index < -0.39 is 0 Å². The number of H-pyrrole nitrogens is 1. The van der Waals surface area contributed by atoms with Gasteiger partial charge in [0.2, 0.25) is 11.8 Å². The smallest absolute Gasteiger partial charge is 0.270 e. The van der Waals surface area contributed by atoms with Crippen LogP contribution in [0.4, 0.5) is 0 Å². The summed E-state index contributed by atoms with van der Waals surface area (Å²) < 4.78 is 5.53. The first-order valence-electron chi connectivity index (χ1n) is 8.53. The van der Waals surface area contributed by atoms with E-state index >= 15 is 0 Å². The Kier molecular flexibility index (Phi) is 4.01. The van der Waals surface area contributed by atoms with Crippen LogP contribution in [0, 0.1) is 6.92 Å². The zero-order chi connectivity index (χ0) is 17.4. The molecule has 3 heterocycles. The van der Waals surface area contributed by atoms with Gasteiger partial charge in [0, 0.05) is 44.0 Å². The van der Waals surface area contributed by atoms with Gasteiger partial charge in [-0.2, -0.15) is 0 Å². The molecule has 1 aliphatic heterocycles. The normalized spacial score (nSPS) is 17.1. The number of aryl methyl sites for hydroxylation is 1. The predicted octanol–water partition coefficient (Wildman–Crippen LogP) is 2.38. The highest BCUT2D eigenvalue weighted by Crippen LogP contribution is 2.22. The summed E-state index contributed by atoms with van der Waals surface area (Å²) >= 11 is 0. The third kappa shape index (κ3) is 3.02. The molecule has 25 heavy (non-hydrogen) atoms. The maximum Gasteiger partial charge on any atom is 0.270 e. The van der Waals surface area contributed by atoms with E-state index in [0.29, 0.717) is 30.6 Å². The van der Waals surface area contributed by atoms with Crippen LogP contribution in [0.3, 0.4) is 0 Å². The third-order valence-electron chi connectivity index (χ3n) is 4.81. The molecule has 130 valence electrons. The van der Waals surface area contributed by atoms with E-state index in [1.807, 2.05) is 35.2 Å². The molecule has 1 aliphatic rings. The van der Waals surface area contributed by atoms with Gasteiger partial charge in [0.05, 0.1) is 6.04 Å². The number of carbonyl (C=O) groups excluding carboxylic acids is 1. The molecule has 1 atom stereocenters. The second kappa shape index (κ2) is 6.33. The summed E-state index contributed by atoms with van der Waals surface area (Å²) in [6.07, 6.45) is 0. The van der Waals surface area contributed by atoms with Gasteiger partial charge in [0.25, 0.3) is 5.91 Å². The number of hydrogen-bond donors (Lipinski definition) is 1. The molecule has 1 N–H and O–H groups in total. The van der Waals surface area contributed by atoms with Gasteiger partial charge in [0.15, 0.2) is 0 Å². The van der Waals surface area contributed by atoms with Crippen LogP contribution < -0.4 is 0 Å². The minimum atomic E-state index is 0.0529. The van der Waals surface area contributed by atoms with E-state index in [2.05, 4.69) is 27.0 Å². The summed E-state index contributed by atoms with van der Waals surface area (Å²) in [4.78, 5) is 20.1. The molecule has 0 radical (unpaired) electrons. The molecule has 7 nitrogen and oxygen atoms in total. The number of para-hydroxylation sites is 1. The van der Waals surface area contributed by atoms with Crippen LogP contribution in [-0.2, 0) is 0 Å². The minimum absolute atomic E-state index is 0.0529. The predicted molar refractivity (Wildman–Crippen MR) is 93.2 cm³/mol. The third-order valence-corrected chi connectivity index (χ3v) is 4.81. The van der Waals surface area contributed by atoms with Crippen molar-refractivity contribution in [1.82, 2.24) is 25.0 Å². The lowest BCUT2D eigenvalue weighted by molar-refractivity contribution is 0.0553. The van der Waals surface area contributed by atoms with Crippen molar-refractivity contribution in [2.75, 3.05) is 26.2 Å². The molecular formula is C18H21N5O2. The molecule has 1 unspecified atom stereocenters. The molecule has 0 saturated carbocycles. The summed E-state index contributed by atoms with van der Waals surface area (Å²) in [7, 11) is 0. The molecule has 0 aliphatic carbocycles. The maximum atomic E-state index is 12.8. The van der Waals surface area contributed by atoms with E-state index in [4.69, 9.17) is 4.42 Å². The van der Waals surface area contributed by atoms with Crippen LogP contribution >= 0.6 is 0 Å². The van der Waals surface area contributed by atoms with Gasteiger partial charge in [0.1, 0.15) is 5.69 Å². The number of piperazine rings is 1. The summed E-state index contributed by atoms with van der Waals surface area (Å²) in [6, 6.07) is 9.92. The van der Waals surface area contributed by atoms with E-state index in [9.17, 15) is 4.79 Å². The molecule has 1 fully saturated rings. The fraction of sp³-hybridized carbons (Fsp3) is 0.389. The van der Waals surface area contributed by atoms with Gasteiger partial charge in [-0.3, -0.25) is 9.69 Å². The van der Waals surface area contributed by atoms with E-state index in [1.54, 1.807) is 6.92 Å². The lowest BCUT2D eigenvalue weighted by Gasteiger charge is -2.36. The second-order valence-electron chi connectivity index (χ2n) is 6.43. The van der Waals surface area contributed by atoms with Crippen molar-refractivity contribution in [3.63, 3.8) is 0 Å². The molecular weight excluding hydrogens is 318 g/mol. The first kappa shape index (κ1) is 15.8. The van der Waals surface area contributed by atoms with Crippen molar-refractivity contribution in [2.24, 2.45) is 0 Å². The van der Waals surface area contributed by atoms with Crippen LogP contribution in [0.1, 0.15) is 35.2 Å². The Hall–Kier alpha value is -2.67. The summed E-state index contributed by atoms with van der Waals surface area (Å²) in [5, 5.41) is 9.06. The lowest BCUT2D eigenvalue weighted by atomic mass is 10.2. The topological polar surface area (TPSA) is 78.3 Å². The fourth-order valence-electron chi connectivity index (χ4n) is 3.31. The monoisotopic (exact) mass is 339 g/mol. The van der Waals surface area contributed by atoms with Crippen LogP contribution in [0.2, 0.25) is 0 Å². The minimum Gasteiger partial charge on any atom is -0.424 e. The number of rotatable bonds is 3. The number of benzene rings is 1. The number of hydrogen-bond acceptors (Lipinski definition) is 5. The van der Waals surface area contributed by atoms with Gasteiger partial charge in [-0.25, -0.2) is 0 Å². The highest BCUT2D eigenvalue weighted by Gasteiger charge is 2.28. The Morgan fingerprint density at radius 1 is 1.20 bits per heavy atom. The average molecular weight is 339 g/mol. The summed E-state index contributed by atoms with van der Waals surface area (Å²) in [5.41, 5.74) is 1.64. The van der Waals surface area contributed by atoms with Crippen LogP contribution in [-0.4, -0.2) is 57.1 Å². The standard InChI is InChI=1S/C18H21N5O2/c1-12(17-21-20-13(2)25-17)22-7-9-23(10-8-22)18(24)16-11-14-5-3-4-6-15(14)19-16/h3-6,11-12,19H,7-10H2,1-2H3.